The Morgan fingerprint density at radius 1 is 1.39 bits per heavy atom. The number of nitrogens with two attached hydrogens (primary N) is 1. The molecule has 2 aromatic heterocycles. The zero-order chi connectivity index (χ0) is 20.0. The van der Waals surface area contributed by atoms with E-state index in [1.54, 1.807) is 18.3 Å². The second-order valence-corrected chi connectivity index (χ2v) is 7.45. The number of thioether (sulfide) groups is 1. The van der Waals surface area contributed by atoms with Gasteiger partial charge in [0.2, 0.25) is 5.88 Å². The monoisotopic (exact) mass is 404 g/mol. The highest BCUT2D eigenvalue weighted by molar-refractivity contribution is 8.13. The van der Waals surface area contributed by atoms with E-state index in [1.807, 2.05) is 6.92 Å². The van der Waals surface area contributed by atoms with Crippen molar-refractivity contribution in [3.05, 3.63) is 42.1 Å². The number of amides is 1. The van der Waals surface area contributed by atoms with Crippen molar-refractivity contribution in [2.75, 3.05) is 24.4 Å². The number of aromatic nitrogens is 3. The molecule has 0 aliphatic carbocycles. The van der Waals surface area contributed by atoms with Gasteiger partial charge in [0, 0.05) is 24.1 Å². The minimum Gasteiger partial charge on any atom is -0.476 e. The van der Waals surface area contributed by atoms with E-state index in [9.17, 15) is 9.18 Å². The second kappa shape index (κ2) is 8.96. The van der Waals surface area contributed by atoms with Gasteiger partial charge in [-0.05, 0) is 25.5 Å². The molecule has 3 rings (SSSR count). The molecule has 148 valence electrons. The predicted molar refractivity (Wildman–Crippen MR) is 106 cm³/mol. The first-order valence-electron chi connectivity index (χ1n) is 8.77. The number of aliphatic imine (C=N–C) groups is 1. The van der Waals surface area contributed by atoms with Gasteiger partial charge in [0.15, 0.2) is 5.17 Å². The Morgan fingerprint density at radius 2 is 2.25 bits per heavy atom. The number of pyridine rings is 1. The first-order valence-corrected chi connectivity index (χ1v) is 9.75. The summed E-state index contributed by atoms with van der Waals surface area (Å²) in [6.07, 6.45) is 5.35. The first kappa shape index (κ1) is 20.0. The van der Waals surface area contributed by atoms with Gasteiger partial charge in [0.25, 0.3) is 5.91 Å². The van der Waals surface area contributed by atoms with Gasteiger partial charge < -0.3 is 15.8 Å². The van der Waals surface area contributed by atoms with Crippen molar-refractivity contribution in [2.45, 2.75) is 25.3 Å². The molecule has 10 heteroatoms. The fraction of sp³-hybridized carbons (Fsp3) is 0.389. The molecule has 3 heterocycles. The van der Waals surface area contributed by atoms with Crippen LogP contribution in [0.25, 0.3) is 0 Å². The number of alkyl halides is 1. The summed E-state index contributed by atoms with van der Waals surface area (Å²) in [5, 5.41) is 3.32. The first-order chi connectivity index (χ1) is 13.5. The number of rotatable bonds is 7. The van der Waals surface area contributed by atoms with E-state index in [0.29, 0.717) is 10.9 Å². The molecule has 1 aliphatic heterocycles. The molecular weight excluding hydrogens is 383 g/mol. The predicted octanol–water partition coefficient (Wildman–Crippen LogP) is 2.53. The lowest BCUT2D eigenvalue weighted by Gasteiger charge is -2.28. The third-order valence-electron chi connectivity index (χ3n) is 4.15. The van der Waals surface area contributed by atoms with Crippen molar-refractivity contribution in [3.63, 3.8) is 0 Å². The summed E-state index contributed by atoms with van der Waals surface area (Å²) in [6, 6.07) is 3.48. The maximum absolute atomic E-state index is 12.4. The van der Waals surface area contributed by atoms with Crippen molar-refractivity contribution in [1.82, 2.24) is 15.0 Å². The van der Waals surface area contributed by atoms with Crippen molar-refractivity contribution in [3.8, 4) is 5.88 Å². The van der Waals surface area contributed by atoms with E-state index < -0.39 is 18.1 Å². The van der Waals surface area contributed by atoms with Gasteiger partial charge in [-0.3, -0.25) is 14.2 Å². The van der Waals surface area contributed by atoms with Gasteiger partial charge in [-0.25, -0.2) is 15.0 Å². The molecule has 2 aromatic rings. The molecule has 0 spiro atoms. The maximum atomic E-state index is 12.4. The molecule has 0 saturated heterocycles. The molecule has 0 radical (unpaired) electrons. The van der Waals surface area contributed by atoms with Crippen LogP contribution in [0.3, 0.4) is 0 Å². The summed E-state index contributed by atoms with van der Waals surface area (Å²) in [5.74, 6) is 0.696. The third kappa shape index (κ3) is 4.94. The molecule has 0 fully saturated rings. The average molecular weight is 404 g/mol. The average Bonchev–Trinajstić information content (AvgIpc) is 2.69. The highest BCUT2D eigenvalue weighted by Gasteiger charge is 2.31. The van der Waals surface area contributed by atoms with E-state index in [0.717, 1.165) is 17.9 Å². The van der Waals surface area contributed by atoms with Crippen molar-refractivity contribution < 1.29 is 13.9 Å². The van der Waals surface area contributed by atoms with Gasteiger partial charge >= 0.3 is 0 Å². The topological polar surface area (TPSA) is 115 Å². The van der Waals surface area contributed by atoms with Crippen LogP contribution in [0.1, 0.15) is 35.9 Å². The lowest BCUT2D eigenvalue weighted by molar-refractivity contribution is 0.102. The van der Waals surface area contributed by atoms with Crippen LogP contribution in [0.5, 0.6) is 5.88 Å². The Balaban J connectivity index is 1.68. The summed E-state index contributed by atoms with van der Waals surface area (Å²) in [6.45, 7) is 1.72. The number of carbonyl (C=O) groups is 1. The standard InChI is InChI=1S/C18H21FN6O2S/c1-18(4-8-28-17(20)25-18)14-9-12(3-6-21-14)24-16(26)13-10-23-15(11-22-13)27-7-2-5-19/h3,6,9-11H,2,4-5,7-8H2,1H3,(H2,20,25)(H,21,24,26)/t18-/m0/s1. The van der Waals surface area contributed by atoms with Gasteiger partial charge in [-0.1, -0.05) is 11.8 Å². The molecule has 0 unspecified atom stereocenters. The van der Waals surface area contributed by atoms with Gasteiger partial charge in [-0.2, -0.15) is 0 Å². The highest BCUT2D eigenvalue weighted by Crippen LogP contribution is 2.34. The molecule has 28 heavy (non-hydrogen) atoms. The van der Waals surface area contributed by atoms with Gasteiger partial charge in [0.1, 0.15) is 11.2 Å². The number of hydrogen-bond donors (Lipinski definition) is 2. The summed E-state index contributed by atoms with van der Waals surface area (Å²) < 4.78 is 17.3. The number of halogens is 1. The van der Waals surface area contributed by atoms with Crippen LogP contribution >= 0.6 is 11.8 Å². The number of nitrogens with zero attached hydrogens (tertiary/aromatic N) is 4. The van der Waals surface area contributed by atoms with Crippen molar-refractivity contribution in [1.29, 1.82) is 0 Å². The van der Waals surface area contributed by atoms with E-state index in [-0.39, 0.29) is 24.6 Å². The number of anilines is 1. The van der Waals surface area contributed by atoms with Crippen LogP contribution in [0.15, 0.2) is 35.7 Å². The van der Waals surface area contributed by atoms with Crippen LogP contribution in [0.4, 0.5) is 10.1 Å². The molecule has 0 aromatic carbocycles. The van der Waals surface area contributed by atoms with E-state index >= 15 is 0 Å². The van der Waals surface area contributed by atoms with Crippen LogP contribution in [-0.4, -0.2) is 45.1 Å². The van der Waals surface area contributed by atoms with Crippen LogP contribution in [0.2, 0.25) is 0 Å². The van der Waals surface area contributed by atoms with E-state index in [1.165, 1.54) is 24.2 Å². The van der Waals surface area contributed by atoms with Crippen LogP contribution in [-0.2, 0) is 5.54 Å². The summed E-state index contributed by atoms with van der Waals surface area (Å²) in [4.78, 5) is 29.4. The SMILES string of the molecule is C[C@@]1(c2cc(NC(=O)c3cnc(OCCCF)cn3)ccn2)CCSC(N)=N1. The Bertz CT molecular complexity index is 863. The Morgan fingerprint density at radius 3 is 2.96 bits per heavy atom. The molecule has 0 saturated carbocycles. The number of nitrogens with one attached hydrogen (secondary N) is 1. The Labute approximate surface area is 166 Å². The van der Waals surface area contributed by atoms with Crippen molar-refractivity contribution >= 4 is 28.5 Å². The number of hydrogen-bond acceptors (Lipinski definition) is 8. The van der Waals surface area contributed by atoms with Crippen LogP contribution < -0.4 is 15.8 Å². The molecule has 0 bridgehead atoms. The molecule has 3 N–H and O–H groups in total. The minimum atomic E-state index is -0.519. The minimum absolute atomic E-state index is 0.138. The third-order valence-corrected chi connectivity index (χ3v) is 4.95. The summed E-state index contributed by atoms with van der Waals surface area (Å²) in [7, 11) is 0. The van der Waals surface area contributed by atoms with E-state index in [4.69, 9.17) is 10.5 Å². The second-order valence-electron chi connectivity index (χ2n) is 6.34. The van der Waals surface area contributed by atoms with Crippen molar-refractivity contribution in [2.24, 2.45) is 10.7 Å². The Hall–Kier alpha value is -2.75. The largest absolute Gasteiger partial charge is 0.476 e. The number of ether oxygens (including phenoxy) is 1. The van der Waals surface area contributed by atoms with Crippen LogP contribution in [0, 0.1) is 0 Å². The maximum Gasteiger partial charge on any atom is 0.275 e. The number of amidine groups is 1. The molecular formula is C18H21FN6O2S. The smallest absolute Gasteiger partial charge is 0.275 e. The lowest BCUT2D eigenvalue weighted by atomic mass is 9.94. The molecule has 1 amide bonds. The fourth-order valence-corrected chi connectivity index (χ4v) is 3.58. The zero-order valence-corrected chi connectivity index (χ0v) is 16.2. The number of carbonyl (C=O) groups excluding carboxylic acids is 1. The molecule has 1 aliphatic rings. The van der Waals surface area contributed by atoms with E-state index in [2.05, 4.69) is 25.3 Å². The summed E-state index contributed by atoms with van der Waals surface area (Å²) >= 11 is 1.52. The molecule has 1 atom stereocenters. The quantitative estimate of drug-likeness (QED) is 0.681. The van der Waals surface area contributed by atoms with Gasteiger partial charge in [0.05, 0.1) is 31.4 Å². The summed E-state index contributed by atoms with van der Waals surface area (Å²) in [5.41, 5.74) is 6.79. The highest BCUT2D eigenvalue weighted by atomic mass is 32.2. The molecule has 8 nitrogen and oxygen atoms in total. The normalized spacial score (nSPS) is 19.0. The zero-order valence-electron chi connectivity index (χ0n) is 15.4. The Kier molecular flexibility index (Phi) is 6.40. The van der Waals surface area contributed by atoms with Gasteiger partial charge in [-0.15, -0.1) is 0 Å². The fourth-order valence-electron chi connectivity index (χ4n) is 2.61. The lowest BCUT2D eigenvalue weighted by Crippen LogP contribution is -2.29.